The van der Waals surface area contributed by atoms with Gasteiger partial charge in [-0.1, -0.05) is 35.9 Å². The van der Waals surface area contributed by atoms with Gasteiger partial charge >= 0.3 is 0 Å². The van der Waals surface area contributed by atoms with E-state index in [4.69, 9.17) is 19.4 Å². The van der Waals surface area contributed by atoms with Gasteiger partial charge in [-0.25, -0.2) is 9.37 Å². The minimum Gasteiger partial charge on any atom is -0.439 e. The van der Waals surface area contributed by atoms with Gasteiger partial charge < -0.3 is 14.4 Å². The van der Waals surface area contributed by atoms with E-state index >= 15 is 0 Å². The summed E-state index contributed by atoms with van der Waals surface area (Å²) in [4.78, 5) is 14.1. The summed E-state index contributed by atoms with van der Waals surface area (Å²) in [5, 5.41) is 0. The predicted molar refractivity (Wildman–Crippen MR) is 121 cm³/mol. The normalized spacial score (nSPS) is 16.6. The molecule has 166 valence electrons. The van der Waals surface area contributed by atoms with Crippen LogP contribution in [-0.4, -0.2) is 47.7 Å². The van der Waals surface area contributed by atoms with E-state index in [0.717, 1.165) is 48.6 Å². The van der Waals surface area contributed by atoms with Gasteiger partial charge in [0.05, 0.1) is 24.5 Å². The Morgan fingerprint density at radius 1 is 1.03 bits per heavy atom. The zero-order valence-electron chi connectivity index (χ0n) is 18.3. The van der Waals surface area contributed by atoms with Gasteiger partial charge in [-0.3, -0.25) is 4.90 Å². The van der Waals surface area contributed by atoms with Crippen molar-refractivity contribution in [2.45, 2.75) is 26.4 Å². The lowest BCUT2D eigenvalue weighted by Crippen LogP contribution is -2.38. The van der Waals surface area contributed by atoms with Gasteiger partial charge in [0.1, 0.15) is 11.6 Å². The molecule has 0 unspecified atom stereocenters. The van der Waals surface area contributed by atoms with Crippen LogP contribution in [0.2, 0.25) is 0 Å². The average Bonchev–Trinajstić information content (AvgIpc) is 2.83. The molecule has 0 radical (unpaired) electrons. The summed E-state index contributed by atoms with van der Waals surface area (Å²) in [6.45, 7) is 6.84. The summed E-state index contributed by atoms with van der Waals surface area (Å²) in [7, 11) is 0. The third-order valence-electron chi connectivity index (χ3n) is 5.94. The summed E-state index contributed by atoms with van der Waals surface area (Å²) in [6.07, 6.45) is 0.772. The molecule has 0 amide bonds. The predicted octanol–water partition coefficient (Wildman–Crippen LogP) is 4.11. The van der Waals surface area contributed by atoms with Crippen molar-refractivity contribution >= 4 is 5.95 Å². The Balaban J connectivity index is 1.45. The quantitative estimate of drug-likeness (QED) is 0.602. The second-order valence-electron chi connectivity index (χ2n) is 8.32. The molecular formula is C25H27FN4O2. The Morgan fingerprint density at radius 2 is 1.84 bits per heavy atom. The molecule has 2 aromatic carbocycles. The fourth-order valence-corrected chi connectivity index (χ4v) is 4.22. The van der Waals surface area contributed by atoms with Crippen LogP contribution in [0.25, 0.3) is 0 Å². The van der Waals surface area contributed by atoms with Crippen LogP contribution in [-0.2, 0) is 24.2 Å². The summed E-state index contributed by atoms with van der Waals surface area (Å²) < 4.78 is 26.1. The standard InChI is InChI=1S/C25H27FN4O2/c1-18-7-8-22(26)19(15-18)16-29-10-9-23-21(17-29)24(32-20-5-3-2-4-6-20)28-25(27-23)30-11-13-31-14-12-30/h2-8,15H,9-14,16-17H2,1H3. The number of para-hydroxylation sites is 1. The Morgan fingerprint density at radius 3 is 2.66 bits per heavy atom. The van der Waals surface area contributed by atoms with Crippen molar-refractivity contribution in [1.29, 1.82) is 0 Å². The number of ether oxygens (including phenoxy) is 2. The van der Waals surface area contributed by atoms with Crippen LogP contribution < -0.4 is 9.64 Å². The molecule has 5 rings (SSSR count). The first-order valence-electron chi connectivity index (χ1n) is 11.1. The zero-order valence-corrected chi connectivity index (χ0v) is 18.3. The molecule has 1 aromatic heterocycles. The van der Waals surface area contributed by atoms with E-state index in [1.165, 1.54) is 0 Å². The minimum atomic E-state index is -0.166. The number of aryl methyl sites for hydroxylation is 1. The number of aromatic nitrogens is 2. The number of halogens is 1. The summed E-state index contributed by atoms with van der Waals surface area (Å²) >= 11 is 0. The van der Waals surface area contributed by atoms with Crippen molar-refractivity contribution in [2.75, 3.05) is 37.7 Å². The number of fused-ring (bicyclic) bond motifs is 1. The van der Waals surface area contributed by atoms with E-state index in [-0.39, 0.29) is 5.82 Å². The maximum atomic E-state index is 14.4. The van der Waals surface area contributed by atoms with E-state index in [9.17, 15) is 4.39 Å². The fourth-order valence-electron chi connectivity index (χ4n) is 4.22. The number of nitrogens with zero attached hydrogens (tertiary/aromatic N) is 4. The van der Waals surface area contributed by atoms with Gasteiger partial charge in [0.15, 0.2) is 0 Å². The highest BCUT2D eigenvalue weighted by atomic mass is 19.1. The molecule has 7 heteroatoms. The number of rotatable bonds is 5. The first kappa shape index (κ1) is 20.8. The van der Waals surface area contributed by atoms with E-state index < -0.39 is 0 Å². The SMILES string of the molecule is Cc1ccc(F)c(CN2CCc3nc(N4CCOCC4)nc(Oc4ccccc4)c3C2)c1. The minimum absolute atomic E-state index is 0.166. The highest BCUT2D eigenvalue weighted by Crippen LogP contribution is 2.32. The van der Waals surface area contributed by atoms with E-state index in [1.807, 2.05) is 43.3 Å². The van der Waals surface area contributed by atoms with Gasteiger partial charge in [-0.2, -0.15) is 4.98 Å². The number of anilines is 1. The molecule has 0 N–H and O–H groups in total. The lowest BCUT2D eigenvalue weighted by atomic mass is 10.0. The first-order valence-corrected chi connectivity index (χ1v) is 11.1. The van der Waals surface area contributed by atoms with Crippen molar-refractivity contribution in [3.8, 4) is 11.6 Å². The average molecular weight is 435 g/mol. The molecule has 1 fully saturated rings. The number of benzene rings is 2. The van der Waals surface area contributed by atoms with Gasteiger partial charge in [-0.15, -0.1) is 0 Å². The van der Waals surface area contributed by atoms with Gasteiger partial charge in [0.25, 0.3) is 0 Å². The number of hydrogen-bond donors (Lipinski definition) is 0. The number of morpholine rings is 1. The first-order chi connectivity index (χ1) is 15.7. The van der Waals surface area contributed by atoms with Crippen molar-refractivity contribution < 1.29 is 13.9 Å². The van der Waals surface area contributed by atoms with Crippen LogP contribution in [0, 0.1) is 12.7 Å². The maximum Gasteiger partial charge on any atom is 0.229 e. The van der Waals surface area contributed by atoms with Crippen LogP contribution in [0.4, 0.5) is 10.3 Å². The molecular weight excluding hydrogens is 407 g/mol. The van der Waals surface area contributed by atoms with E-state index in [2.05, 4.69) is 9.80 Å². The van der Waals surface area contributed by atoms with E-state index in [0.29, 0.717) is 43.7 Å². The fraction of sp³-hybridized carbons (Fsp3) is 0.360. The Bertz CT molecular complexity index is 1090. The smallest absolute Gasteiger partial charge is 0.229 e. The van der Waals surface area contributed by atoms with Crippen LogP contribution in [0.15, 0.2) is 48.5 Å². The van der Waals surface area contributed by atoms with E-state index in [1.54, 1.807) is 12.1 Å². The molecule has 0 saturated carbocycles. The molecule has 3 heterocycles. The molecule has 6 nitrogen and oxygen atoms in total. The van der Waals surface area contributed by atoms with Crippen LogP contribution in [0.3, 0.4) is 0 Å². The second kappa shape index (κ2) is 9.22. The third-order valence-corrected chi connectivity index (χ3v) is 5.94. The van der Waals surface area contributed by atoms with Crippen molar-refractivity contribution in [3.05, 3.63) is 76.7 Å². The van der Waals surface area contributed by atoms with Crippen LogP contribution in [0.1, 0.15) is 22.4 Å². The molecule has 0 atom stereocenters. The number of hydrogen-bond acceptors (Lipinski definition) is 6. The highest BCUT2D eigenvalue weighted by Gasteiger charge is 2.26. The molecule has 3 aromatic rings. The van der Waals surface area contributed by atoms with Crippen LogP contribution >= 0.6 is 0 Å². The molecule has 0 bridgehead atoms. The molecule has 2 aliphatic heterocycles. The highest BCUT2D eigenvalue weighted by molar-refractivity contribution is 5.44. The topological polar surface area (TPSA) is 50.7 Å². The van der Waals surface area contributed by atoms with Crippen LogP contribution in [0.5, 0.6) is 11.6 Å². The lowest BCUT2D eigenvalue weighted by molar-refractivity contribution is 0.122. The summed E-state index contributed by atoms with van der Waals surface area (Å²) in [6, 6.07) is 15.0. The van der Waals surface area contributed by atoms with Crippen molar-refractivity contribution in [3.63, 3.8) is 0 Å². The largest absolute Gasteiger partial charge is 0.439 e. The molecule has 0 aliphatic carbocycles. The van der Waals surface area contributed by atoms with Gasteiger partial charge in [0.2, 0.25) is 11.8 Å². The Labute approximate surface area is 187 Å². The monoisotopic (exact) mass is 434 g/mol. The molecule has 2 aliphatic rings. The maximum absolute atomic E-state index is 14.4. The third kappa shape index (κ3) is 4.59. The van der Waals surface area contributed by atoms with Gasteiger partial charge in [-0.05, 0) is 25.1 Å². The summed E-state index contributed by atoms with van der Waals surface area (Å²) in [5.74, 6) is 1.84. The zero-order chi connectivity index (χ0) is 21.9. The Hall–Kier alpha value is -3.03. The lowest BCUT2D eigenvalue weighted by Gasteiger charge is -2.32. The van der Waals surface area contributed by atoms with Crippen molar-refractivity contribution in [2.24, 2.45) is 0 Å². The molecule has 1 saturated heterocycles. The van der Waals surface area contributed by atoms with Gasteiger partial charge in [0, 0.05) is 44.7 Å². The van der Waals surface area contributed by atoms with Crippen molar-refractivity contribution in [1.82, 2.24) is 14.9 Å². The molecule has 32 heavy (non-hydrogen) atoms. The second-order valence-corrected chi connectivity index (χ2v) is 8.32. The Kier molecular flexibility index (Phi) is 6.01. The molecule has 0 spiro atoms. The summed E-state index contributed by atoms with van der Waals surface area (Å²) in [5.41, 5.74) is 3.76.